The SMILES string of the molecule is COC(=O)c1ccccc1NC(=O)CCc1cc(F)ccc1F. The Morgan fingerprint density at radius 2 is 1.87 bits per heavy atom. The number of ether oxygens (including phenoxy) is 1. The van der Waals surface area contributed by atoms with Crippen LogP contribution >= 0.6 is 0 Å². The first-order chi connectivity index (χ1) is 11.0. The molecule has 2 aromatic rings. The van der Waals surface area contributed by atoms with Gasteiger partial charge in [0.05, 0.1) is 18.4 Å². The zero-order valence-corrected chi connectivity index (χ0v) is 12.4. The lowest BCUT2D eigenvalue weighted by Gasteiger charge is -2.10. The van der Waals surface area contributed by atoms with Gasteiger partial charge in [0.1, 0.15) is 11.6 Å². The predicted octanol–water partition coefficient (Wildman–Crippen LogP) is 3.32. The van der Waals surface area contributed by atoms with Crippen molar-refractivity contribution >= 4 is 17.6 Å². The maximum Gasteiger partial charge on any atom is 0.339 e. The molecule has 1 amide bonds. The molecule has 2 rings (SSSR count). The number of rotatable bonds is 5. The smallest absolute Gasteiger partial charge is 0.339 e. The molecule has 0 radical (unpaired) electrons. The lowest BCUT2D eigenvalue weighted by Crippen LogP contribution is -2.16. The van der Waals surface area contributed by atoms with Crippen LogP contribution in [0.25, 0.3) is 0 Å². The number of carbonyl (C=O) groups is 2. The maximum absolute atomic E-state index is 13.5. The van der Waals surface area contributed by atoms with E-state index in [0.29, 0.717) is 5.69 Å². The van der Waals surface area contributed by atoms with E-state index in [1.165, 1.54) is 13.2 Å². The molecule has 0 bridgehead atoms. The lowest BCUT2D eigenvalue weighted by atomic mass is 10.1. The van der Waals surface area contributed by atoms with Crippen molar-refractivity contribution in [2.24, 2.45) is 0 Å². The Morgan fingerprint density at radius 3 is 2.61 bits per heavy atom. The lowest BCUT2D eigenvalue weighted by molar-refractivity contribution is -0.116. The van der Waals surface area contributed by atoms with Gasteiger partial charge in [0.25, 0.3) is 0 Å². The van der Waals surface area contributed by atoms with E-state index in [2.05, 4.69) is 10.1 Å². The van der Waals surface area contributed by atoms with E-state index in [0.717, 1.165) is 18.2 Å². The fraction of sp³-hybridized carbons (Fsp3) is 0.176. The number of amides is 1. The zero-order valence-electron chi connectivity index (χ0n) is 12.4. The Balaban J connectivity index is 2.03. The molecule has 4 nitrogen and oxygen atoms in total. The maximum atomic E-state index is 13.5. The molecular formula is C17H15F2NO3. The number of carbonyl (C=O) groups excluding carboxylic acids is 2. The number of benzene rings is 2. The van der Waals surface area contributed by atoms with Crippen molar-refractivity contribution < 1.29 is 23.1 Å². The van der Waals surface area contributed by atoms with Gasteiger partial charge in [0.15, 0.2) is 0 Å². The van der Waals surface area contributed by atoms with Gasteiger partial charge in [-0.2, -0.15) is 0 Å². The summed E-state index contributed by atoms with van der Waals surface area (Å²) in [5.41, 5.74) is 0.658. The van der Waals surface area contributed by atoms with Gasteiger partial charge in [-0.1, -0.05) is 12.1 Å². The van der Waals surface area contributed by atoms with E-state index in [9.17, 15) is 18.4 Å². The van der Waals surface area contributed by atoms with Gasteiger partial charge in [-0.3, -0.25) is 4.79 Å². The van der Waals surface area contributed by atoms with Gasteiger partial charge in [-0.25, -0.2) is 13.6 Å². The summed E-state index contributed by atoms with van der Waals surface area (Å²) in [4.78, 5) is 23.6. The molecule has 0 aliphatic carbocycles. The molecule has 120 valence electrons. The third kappa shape index (κ3) is 4.35. The van der Waals surface area contributed by atoms with Crippen LogP contribution in [0.5, 0.6) is 0 Å². The summed E-state index contributed by atoms with van der Waals surface area (Å²) in [5, 5.41) is 2.57. The average Bonchev–Trinajstić information content (AvgIpc) is 2.55. The first-order valence-electron chi connectivity index (χ1n) is 6.92. The van der Waals surface area contributed by atoms with Crippen molar-refractivity contribution in [2.45, 2.75) is 12.8 Å². The number of hydrogen-bond acceptors (Lipinski definition) is 3. The molecule has 0 aliphatic rings. The summed E-state index contributed by atoms with van der Waals surface area (Å²) in [6.45, 7) is 0. The van der Waals surface area contributed by atoms with Crippen LogP contribution in [-0.2, 0) is 16.0 Å². The number of aryl methyl sites for hydroxylation is 1. The number of hydrogen-bond donors (Lipinski definition) is 1. The Bertz CT molecular complexity index is 732. The van der Waals surface area contributed by atoms with Crippen LogP contribution in [-0.4, -0.2) is 19.0 Å². The first-order valence-corrected chi connectivity index (χ1v) is 6.92. The van der Waals surface area contributed by atoms with E-state index in [1.54, 1.807) is 18.2 Å². The highest BCUT2D eigenvalue weighted by Gasteiger charge is 2.14. The van der Waals surface area contributed by atoms with Gasteiger partial charge in [-0.15, -0.1) is 0 Å². The van der Waals surface area contributed by atoms with E-state index in [4.69, 9.17) is 0 Å². The molecular weight excluding hydrogens is 304 g/mol. The molecule has 6 heteroatoms. The fourth-order valence-corrected chi connectivity index (χ4v) is 2.08. The standard InChI is InChI=1S/C17H15F2NO3/c1-23-17(22)13-4-2-3-5-15(13)20-16(21)9-6-11-10-12(18)7-8-14(11)19/h2-5,7-8,10H,6,9H2,1H3,(H,20,21). The highest BCUT2D eigenvalue weighted by atomic mass is 19.1. The topological polar surface area (TPSA) is 55.4 Å². The van der Waals surface area contributed by atoms with Crippen molar-refractivity contribution in [2.75, 3.05) is 12.4 Å². The minimum Gasteiger partial charge on any atom is -0.465 e. The highest BCUT2D eigenvalue weighted by Crippen LogP contribution is 2.17. The zero-order chi connectivity index (χ0) is 16.8. The predicted molar refractivity (Wildman–Crippen MR) is 81.1 cm³/mol. The average molecular weight is 319 g/mol. The monoisotopic (exact) mass is 319 g/mol. The Morgan fingerprint density at radius 1 is 1.13 bits per heavy atom. The first kappa shape index (κ1) is 16.6. The quantitative estimate of drug-likeness (QED) is 0.860. The summed E-state index contributed by atoms with van der Waals surface area (Å²) in [5.74, 6) is -2.10. The molecule has 0 fully saturated rings. The number of para-hydroxylation sites is 1. The molecule has 0 saturated heterocycles. The molecule has 2 aromatic carbocycles. The van der Waals surface area contributed by atoms with Gasteiger partial charge in [-0.05, 0) is 42.3 Å². The van der Waals surface area contributed by atoms with Gasteiger partial charge in [0.2, 0.25) is 5.91 Å². The number of anilines is 1. The summed E-state index contributed by atoms with van der Waals surface area (Å²) >= 11 is 0. The molecule has 0 saturated carbocycles. The van der Waals surface area contributed by atoms with Crippen molar-refractivity contribution in [3.63, 3.8) is 0 Å². The van der Waals surface area contributed by atoms with Crippen molar-refractivity contribution in [3.8, 4) is 0 Å². The molecule has 0 heterocycles. The third-order valence-corrected chi connectivity index (χ3v) is 3.24. The minimum atomic E-state index is -0.572. The Labute approximate surface area is 132 Å². The molecule has 0 spiro atoms. The molecule has 0 aliphatic heterocycles. The van der Waals surface area contributed by atoms with Crippen LogP contribution in [0, 0.1) is 11.6 Å². The number of halogens is 2. The van der Waals surface area contributed by atoms with E-state index in [-0.39, 0.29) is 24.0 Å². The van der Waals surface area contributed by atoms with Crippen molar-refractivity contribution in [1.82, 2.24) is 0 Å². The number of nitrogens with one attached hydrogen (secondary N) is 1. The van der Waals surface area contributed by atoms with Crippen LogP contribution < -0.4 is 5.32 Å². The second-order valence-corrected chi connectivity index (χ2v) is 4.82. The van der Waals surface area contributed by atoms with Gasteiger partial charge in [0, 0.05) is 6.42 Å². The van der Waals surface area contributed by atoms with Crippen LogP contribution in [0.4, 0.5) is 14.5 Å². The normalized spacial score (nSPS) is 10.2. The largest absolute Gasteiger partial charge is 0.465 e. The van der Waals surface area contributed by atoms with Crippen LogP contribution in [0.1, 0.15) is 22.3 Å². The summed E-state index contributed by atoms with van der Waals surface area (Å²) in [6.07, 6.45) is 0.00565. The second kappa shape index (κ2) is 7.49. The van der Waals surface area contributed by atoms with E-state index in [1.807, 2.05) is 0 Å². The van der Waals surface area contributed by atoms with Crippen molar-refractivity contribution in [1.29, 1.82) is 0 Å². The minimum absolute atomic E-state index is 0.0458. The van der Waals surface area contributed by atoms with E-state index >= 15 is 0 Å². The molecule has 0 unspecified atom stereocenters. The van der Waals surface area contributed by atoms with Gasteiger partial charge >= 0.3 is 5.97 Å². The molecule has 23 heavy (non-hydrogen) atoms. The number of esters is 1. The molecule has 0 aromatic heterocycles. The third-order valence-electron chi connectivity index (χ3n) is 3.24. The molecule has 1 N–H and O–H groups in total. The highest BCUT2D eigenvalue weighted by molar-refractivity contribution is 6.01. The fourth-order valence-electron chi connectivity index (χ4n) is 2.08. The summed E-state index contributed by atoms with van der Waals surface area (Å²) in [7, 11) is 1.24. The van der Waals surface area contributed by atoms with Crippen LogP contribution in [0.3, 0.4) is 0 Å². The Kier molecular flexibility index (Phi) is 5.41. The van der Waals surface area contributed by atoms with E-state index < -0.39 is 23.5 Å². The van der Waals surface area contributed by atoms with Gasteiger partial charge < -0.3 is 10.1 Å². The molecule has 0 atom stereocenters. The van der Waals surface area contributed by atoms with Crippen LogP contribution in [0.2, 0.25) is 0 Å². The second-order valence-electron chi connectivity index (χ2n) is 4.82. The summed E-state index contributed by atoms with van der Waals surface area (Å²) in [6, 6.07) is 9.49. The van der Waals surface area contributed by atoms with Crippen molar-refractivity contribution in [3.05, 3.63) is 65.2 Å². The summed E-state index contributed by atoms with van der Waals surface area (Å²) < 4.78 is 31.2. The van der Waals surface area contributed by atoms with Crippen LogP contribution in [0.15, 0.2) is 42.5 Å². The Hall–Kier alpha value is -2.76. The number of methoxy groups -OCH3 is 1.